The Hall–Kier alpha value is -2.79. The number of sulfonamides is 1. The predicted octanol–water partition coefficient (Wildman–Crippen LogP) is 3.06. The number of halogens is 1. The van der Waals surface area contributed by atoms with Crippen LogP contribution in [0.15, 0.2) is 52.7 Å². The monoisotopic (exact) mass is 437 g/mol. The van der Waals surface area contributed by atoms with E-state index in [1.165, 1.54) is 30.3 Å². The minimum absolute atomic E-state index is 0.0160. The minimum Gasteiger partial charge on any atom is -0.478 e. The van der Waals surface area contributed by atoms with Gasteiger partial charge in [-0.25, -0.2) is 23.3 Å². The second-order valence-electron chi connectivity index (χ2n) is 5.57. The average Bonchev–Trinajstić information content (AvgIpc) is 3.11. The van der Waals surface area contributed by atoms with E-state index in [1.807, 2.05) is 0 Å². The number of primary sulfonamides is 1. The van der Waals surface area contributed by atoms with E-state index in [9.17, 15) is 18.0 Å². The fraction of sp³-hybridized carbons (Fsp3) is 0. The van der Waals surface area contributed by atoms with E-state index in [-0.39, 0.29) is 20.5 Å². The Morgan fingerprint density at radius 1 is 1.18 bits per heavy atom. The van der Waals surface area contributed by atoms with Crippen molar-refractivity contribution in [3.05, 3.63) is 63.4 Å². The summed E-state index contributed by atoms with van der Waals surface area (Å²) in [7, 11) is -4.01. The Morgan fingerprint density at radius 2 is 1.93 bits per heavy atom. The van der Waals surface area contributed by atoms with Crippen LogP contribution in [0.4, 0.5) is 5.69 Å². The number of carboxylic acid groups (broad SMARTS) is 1. The van der Waals surface area contributed by atoms with E-state index in [1.54, 1.807) is 17.5 Å². The molecule has 0 spiro atoms. The molecule has 0 radical (unpaired) electrons. The predicted molar refractivity (Wildman–Crippen MR) is 105 cm³/mol. The topological polar surface area (TPSA) is 139 Å². The first-order chi connectivity index (χ1) is 13.1. The second kappa shape index (κ2) is 7.68. The second-order valence-corrected chi connectivity index (χ2v) is 8.36. The highest BCUT2D eigenvalue weighted by atomic mass is 35.5. The first-order valence-corrected chi connectivity index (χ1v) is 10.4. The zero-order valence-electron chi connectivity index (χ0n) is 13.9. The molecule has 0 aliphatic carbocycles. The van der Waals surface area contributed by atoms with Gasteiger partial charge < -0.3 is 10.4 Å². The van der Waals surface area contributed by atoms with Crippen LogP contribution in [0, 0.1) is 0 Å². The van der Waals surface area contributed by atoms with Gasteiger partial charge in [0.2, 0.25) is 10.0 Å². The van der Waals surface area contributed by atoms with E-state index in [0.717, 1.165) is 11.3 Å². The summed E-state index contributed by atoms with van der Waals surface area (Å²) in [6, 6.07) is 10.0. The first kappa shape index (κ1) is 20.0. The van der Waals surface area contributed by atoms with Crippen LogP contribution in [0.2, 0.25) is 5.02 Å². The van der Waals surface area contributed by atoms with Gasteiger partial charge in [0.1, 0.15) is 4.90 Å². The van der Waals surface area contributed by atoms with Crippen molar-refractivity contribution in [2.45, 2.75) is 4.90 Å². The van der Waals surface area contributed by atoms with Crippen molar-refractivity contribution in [2.75, 3.05) is 5.32 Å². The third kappa shape index (κ3) is 4.37. The van der Waals surface area contributed by atoms with Crippen molar-refractivity contribution < 1.29 is 23.1 Å². The lowest BCUT2D eigenvalue weighted by atomic mass is 10.2. The molecule has 4 N–H and O–H groups in total. The fourth-order valence-corrected chi connectivity index (χ4v) is 4.10. The number of aromatic nitrogens is 1. The molecule has 0 saturated carbocycles. The van der Waals surface area contributed by atoms with Crippen molar-refractivity contribution in [2.24, 2.45) is 5.14 Å². The number of benzene rings is 2. The molecule has 2 aromatic carbocycles. The lowest BCUT2D eigenvalue weighted by Crippen LogP contribution is -2.13. The maximum absolute atomic E-state index is 12.4. The Balaban J connectivity index is 1.85. The average molecular weight is 438 g/mol. The van der Waals surface area contributed by atoms with Gasteiger partial charge >= 0.3 is 5.97 Å². The number of carbonyl (C=O) groups is 2. The van der Waals surface area contributed by atoms with E-state index in [0.29, 0.717) is 16.9 Å². The number of carbonyl (C=O) groups excluding carboxylic acids is 1. The van der Waals surface area contributed by atoms with Gasteiger partial charge in [0.05, 0.1) is 16.3 Å². The molecule has 144 valence electrons. The molecule has 8 nitrogen and oxygen atoms in total. The number of anilines is 1. The largest absolute Gasteiger partial charge is 0.478 e. The maximum atomic E-state index is 12.4. The highest BCUT2D eigenvalue weighted by Gasteiger charge is 2.17. The summed E-state index contributed by atoms with van der Waals surface area (Å²) in [5.74, 6) is -1.64. The molecule has 0 atom stereocenters. The molecule has 1 heterocycles. The van der Waals surface area contributed by atoms with Gasteiger partial charge in [0.15, 0.2) is 5.01 Å². The molecule has 0 bridgehead atoms. The smallest absolute Gasteiger partial charge is 0.335 e. The minimum atomic E-state index is -4.01. The molecule has 0 aliphatic rings. The van der Waals surface area contributed by atoms with E-state index in [2.05, 4.69) is 10.3 Å². The molecule has 28 heavy (non-hydrogen) atoms. The summed E-state index contributed by atoms with van der Waals surface area (Å²) in [6.07, 6.45) is 0. The number of amides is 1. The van der Waals surface area contributed by atoms with Gasteiger partial charge in [-0.3, -0.25) is 4.79 Å². The Bertz CT molecular complexity index is 1190. The quantitative estimate of drug-likeness (QED) is 0.560. The Morgan fingerprint density at radius 3 is 2.61 bits per heavy atom. The molecule has 3 rings (SSSR count). The van der Waals surface area contributed by atoms with Gasteiger partial charge in [0, 0.05) is 16.6 Å². The first-order valence-electron chi connectivity index (χ1n) is 7.58. The summed E-state index contributed by atoms with van der Waals surface area (Å²) >= 11 is 6.91. The van der Waals surface area contributed by atoms with Crippen LogP contribution in [0.25, 0.3) is 11.3 Å². The fourth-order valence-electron chi connectivity index (χ4n) is 2.31. The summed E-state index contributed by atoms with van der Waals surface area (Å²) in [4.78, 5) is 27.3. The lowest BCUT2D eigenvalue weighted by molar-refractivity contribution is 0.0696. The molecular formula is C17H12ClN3O5S2. The summed E-state index contributed by atoms with van der Waals surface area (Å²) in [5.41, 5.74) is 1.14. The maximum Gasteiger partial charge on any atom is 0.335 e. The third-order valence-corrected chi connectivity index (χ3v) is 5.83. The summed E-state index contributed by atoms with van der Waals surface area (Å²) < 4.78 is 23.2. The van der Waals surface area contributed by atoms with E-state index in [4.69, 9.17) is 21.8 Å². The van der Waals surface area contributed by atoms with Crippen molar-refractivity contribution in [1.82, 2.24) is 4.98 Å². The SMILES string of the molecule is NS(=O)(=O)c1cc(-c2csc(C(=O)Nc3cccc(C(=O)O)c3)n2)ccc1Cl. The molecule has 0 unspecified atom stereocenters. The Labute approximate surface area is 168 Å². The van der Waals surface area contributed by atoms with Crippen LogP contribution in [0.3, 0.4) is 0 Å². The lowest BCUT2D eigenvalue weighted by Gasteiger charge is -2.05. The van der Waals surface area contributed by atoms with E-state index >= 15 is 0 Å². The molecule has 11 heteroatoms. The number of nitrogens with one attached hydrogen (secondary N) is 1. The van der Waals surface area contributed by atoms with Gasteiger partial charge in [0.25, 0.3) is 5.91 Å². The van der Waals surface area contributed by atoms with Crippen LogP contribution in [-0.4, -0.2) is 30.4 Å². The number of thiazole rings is 1. The summed E-state index contributed by atoms with van der Waals surface area (Å²) in [5, 5.41) is 18.4. The van der Waals surface area contributed by atoms with Gasteiger partial charge in [-0.15, -0.1) is 11.3 Å². The number of hydrogen-bond donors (Lipinski definition) is 3. The van der Waals surface area contributed by atoms with Crippen molar-refractivity contribution in [3.8, 4) is 11.3 Å². The number of nitrogens with zero attached hydrogens (tertiary/aromatic N) is 1. The highest BCUT2D eigenvalue weighted by Crippen LogP contribution is 2.28. The van der Waals surface area contributed by atoms with Gasteiger partial charge in [-0.2, -0.15) is 0 Å². The molecule has 1 aromatic heterocycles. The zero-order chi connectivity index (χ0) is 20.5. The molecule has 0 fully saturated rings. The van der Waals surface area contributed by atoms with Crippen LogP contribution in [0.5, 0.6) is 0 Å². The normalized spacial score (nSPS) is 11.2. The van der Waals surface area contributed by atoms with Crippen LogP contribution in [-0.2, 0) is 10.0 Å². The van der Waals surface area contributed by atoms with Gasteiger partial charge in [-0.1, -0.05) is 23.7 Å². The van der Waals surface area contributed by atoms with E-state index < -0.39 is 21.9 Å². The number of nitrogens with two attached hydrogens (primary N) is 1. The van der Waals surface area contributed by atoms with Crippen molar-refractivity contribution in [1.29, 1.82) is 0 Å². The van der Waals surface area contributed by atoms with Crippen molar-refractivity contribution >= 4 is 50.5 Å². The third-order valence-electron chi connectivity index (χ3n) is 3.60. The molecular weight excluding hydrogens is 426 g/mol. The summed E-state index contributed by atoms with van der Waals surface area (Å²) in [6.45, 7) is 0. The molecule has 0 aliphatic heterocycles. The Kier molecular flexibility index (Phi) is 5.47. The highest BCUT2D eigenvalue weighted by molar-refractivity contribution is 7.89. The van der Waals surface area contributed by atoms with Crippen LogP contribution in [0.1, 0.15) is 20.2 Å². The molecule has 1 amide bonds. The number of aromatic carboxylic acids is 1. The van der Waals surface area contributed by atoms with Crippen LogP contribution < -0.4 is 10.5 Å². The van der Waals surface area contributed by atoms with Gasteiger partial charge in [-0.05, 0) is 30.3 Å². The standard InChI is InChI=1S/C17H12ClN3O5S2/c18-12-5-4-9(7-14(12)28(19,25)26)13-8-27-16(21-13)15(22)20-11-3-1-2-10(6-11)17(23)24/h1-8H,(H,20,22)(H,23,24)(H2,19,25,26). The van der Waals surface area contributed by atoms with Crippen LogP contribution >= 0.6 is 22.9 Å². The zero-order valence-corrected chi connectivity index (χ0v) is 16.3. The molecule has 3 aromatic rings. The number of hydrogen-bond acceptors (Lipinski definition) is 6. The number of rotatable bonds is 5. The van der Waals surface area contributed by atoms with Crippen molar-refractivity contribution in [3.63, 3.8) is 0 Å². The number of carboxylic acids is 1. The molecule has 0 saturated heterocycles.